The fourth-order valence-corrected chi connectivity index (χ4v) is 1.53. The van der Waals surface area contributed by atoms with Crippen LogP contribution < -0.4 is 10.9 Å². The van der Waals surface area contributed by atoms with Crippen molar-refractivity contribution >= 4 is 16.9 Å². The Morgan fingerprint density at radius 3 is 3.00 bits per heavy atom. The minimum absolute atomic E-state index is 0.150. The maximum Gasteiger partial charge on any atom is 0.349 e. The molecule has 18 heavy (non-hydrogen) atoms. The Morgan fingerprint density at radius 1 is 1.50 bits per heavy atom. The Labute approximate surface area is 102 Å². The summed E-state index contributed by atoms with van der Waals surface area (Å²) in [5.41, 5.74) is -1.17. The number of amides is 1. The van der Waals surface area contributed by atoms with Crippen LogP contribution >= 0.6 is 0 Å². The van der Waals surface area contributed by atoms with Crippen molar-refractivity contribution in [3.8, 4) is 0 Å². The molecular weight excluding hydrogens is 237 g/mol. The number of fused-ring (bicyclic) bond motifs is 1. The average molecular weight is 247 g/mol. The SMILES string of the molecule is C=CCNC(=O)c1cc2cccc(F)c2oc1=O. The number of carbonyl (C=O) groups is 1. The molecule has 0 aliphatic rings. The molecule has 0 atom stereocenters. The van der Waals surface area contributed by atoms with Gasteiger partial charge in [0.15, 0.2) is 11.4 Å². The molecule has 1 heterocycles. The van der Waals surface area contributed by atoms with E-state index >= 15 is 0 Å². The Balaban J connectivity index is 2.53. The highest BCUT2D eigenvalue weighted by atomic mass is 19.1. The molecule has 0 aliphatic carbocycles. The van der Waals surface area contributed by atoms with Gasteiger partial charge in [-0.3, -0.25) is 4.79 Å². The molecule has 0 radical (unpaired) electrons. The van der Waals surface area contributed by atoms with Crippen molar-refractivity contribution in [2.24, 2.45) is 0 Å². The van der Waals surface area contributed by atoms with Gasteiger partial charge >= 0.3 is 5.63 Å². The van der Waals surface area contributed by atoms with Crippen LogP contribution in [0.5, 0.6) is 0 Å². The Hall–Kier alpha value is -2.43. The van der Waals surface area contributed by atoms with Gasteiger partial charge in [0.2, 0.25) is 0 Å². The summed E-state index contributed by atoms with van der Waals surface area (Å²) in [5, 5.41) is 2.82. The van der Waals surface area contributed by atoms with Gasteiger partial charge in [-0.05, 0) is 12.1 Å². The van der Waals surface area contributed by atoms with Gasteiger partial charge < -0.3 is 9.73 Å². The highest BCUT2D eigenvalue weighted by molar-refractivity contribution is 5.96. The van der Waals surface area contributed by atoms with Crippen molar-refractivity contribution in [3.05, 3.63) is 58.7 Å². The molecule has 1 amide bonds. The predicted octanol–water partition coefficient (Wildman–Crippen LogP) is 1.85. The summed E-state index contributed by atoms with van der Waals surface area (Å²) in [6.45, 7) is 3.68. The second kappa shape index (κ2) is 4.83. The maximum absolute atomic E-state index is 13.4. The summed E-state index contributed by atoms with van der Waals surface area (Å²) in [6, 6.07) is 5.53. The van der Waals surface area contributed by atoms with Crippen LogP contribution in [-0.2, 0) is 0 Å². The van der Waals surface area contributed by atoms with E-state index in [9.17, 15) is 14.0 Å². The van der Waals surface area contributed by atoms with Gasteiger partial charge in [0, 0.05) is 11.9 Å². The van der Waals surface area contributed by atoms with E-state index in [1.54, 1.807) is 6.07 Å². The summed E-state index contributed by atoms with van der Waals surface area (Å²) in [7, 11) is 0. The number of rotatable bonds is 3. The molecular formula is C13H10FNO3. The quantitative estimate of drug-likeness (QED) is 0.665. The first-order valence-corrected chi connectivity index (χ1v) is 5.25. The van der Waals surface area contributed by atoms with E-state index in [0.717, 1.165) is 0 Å². The topological polar surface area (TPSA) is 59.3 Å². The summed E-state index contributed by atoms with van der Waals surface area (Å²) < 4.78 is 18.2. The van der Waals surface area contributed by atoms with Gasteiger partial charge in [-0.1, -0.05) is 18.2 Å². The van der Waals surface area contributed by atoms with Crippen LogP contribution in [0.2, 0.25) is 0 Å². The second-order valence-corrected chi connectivity index (χ2v) is 3.60. The highest BCUT2D eigenvalue weighted by Crippen LogP contribution is 2.16. The molecule has 1 aromatic heterocycles. The Morgan fingerprint density at radius 2 is 2.28 bits per heavy atom. The first-order valence-electron chi connectivity index (χ1n) is 5.25. The lowest BCUT2D eigenvalue weighted by Crippen LogP contribution is -2.28. The molecule has 0 spiro atoms. The molecule has 2 aromatic rings. The molecule has 2 rings (SSSR count). The van der Waals surface area contributed by atoms with E-state index in [1.807, 2.05) is 0 Å². The van der Waals surface area contributed by atoms with Crippen molar-refractivity contribution in [1.29, 1.82) is 0 Å². The van der Waals surface area contributed by atoms with Gasteiger partial charge in [0.1, 0.15) is 5.56 Å². The second-order valence-electron chi connectivity index (χ2n) is 3.60. The standard InChI is InChI=1S/C13H10FNO3/c1-2-6-15-12(16)9-7-8-4-3-5-10(14)11(8)18-13(9)17/h2-5,7H,1,6H2,(H,15,16). The lowest BCUT2D eigenvalue weighted by atomic mass is 10.1. The van der Waals surface area contributed by atoms with Crippen LogP contribution in [0.3, 0.4) is 0 Å². The smallest absolute Gasteiger partial charge is 0.349 e. The van der Waals surface area contributed by atoms with Crippen LogP contribution in [0.15, 0.2) is 46.1 Å². The third-order valence-corrected chi connectivity index (χ3v) is 2.36. The monoisotopic (exact) mass is 247 g/mol. The largest absolute Gasteiger partial charge is 0.419 e. The number of hydrogen-bond acceptors (Lipinski definition) is 3. The number of benzene rings is 1. The fraction of sp³-hybridized carbons (Fsp3) is 0.0769. The van der Waals surface area contributed by atoms with Crippen LogP contribution in [0.4, 0.5) is 4.39 Å². The van der Waals surface area contributed by atoms with Crippen LogP contribution in [0, 0.1) is 5.82 Å². The van der Waals surface area contributed by atoms with Crippen molar-refractivity contribution in [2.75, 3.05) is 6.54 Å². The predicted molar refractivity (Wildman–Crippen MR) is 65.0 cm³/mol. The molecule has 1 aromatic carbocycles. The lowest BCUT2D eigenvalue weighted by molar-refractivity contribution is 0.0954. The van der Waals surface area contributed by atoms with E-state index < -0.39 is 17.3 Å². The molecule has 0 saturated carbocycles. The maximum atomic E-state index is 13.4. The van der Waals surface area contributed by atoms with Crippen molar-refractivity contribution < 1.29 is 13.6 Å². The molecule has 0 unspecified atom stereocenters. The summed E-state index contributed by atoms with van der Waals surface area (Å²) in [5.74, 6) is -1.21. The van der Waals surface area contributed by atoms with Crippen LogP contribution in [-0.4, -0.2) is 12.5 Å². The fourth-order valence-electron chi connectivity index (χ4n) is 1.53. The van der Waals surface area contributed by atoms with Gasteiger partial charge in [-0.25, -0.2) is 9.18 Å². The summed E-state index contributed by atoms with van der Waals surface area (Å²) in [6.07, 6.45) is 1.49. The van der Waals surface area contributed by atoms with Crippen LogP contribution in [0.25, 0.3) is 11.0 Å². The normalized spacial score (nSPS) is 10.3. The first kappa shape index (κ1) is 12.0. The molecule has 0 saturated heterocycles. The van der Waals surface area contributed by atoms with Gasteiger partial charge in [0.25, 0.3) is 5.91 Å². The molecule has 5 heteroatoms. The average Bonchev–Trinajstić information content (AvgIpc) is 2.36. The molecule has 92 valence electrons. The zero-order valence-corrected chi connectivity index (χ0v) is 9.40. The van der Waals surface area contributed by atoms with Crippen molar-refractivity contribution in [2.45, 2.75) is 0 Å². The van der Waals surface area contributed by atoms with Crippen molar-refractivity contribution in [3.63, 3.8) is 0 Å². The van der Waals surface area contributed by atoms with Crippen molar-refractivity contribution in [1.82, 2.24) is 5.32 Å². The first-order chi connectivity index (χ1) is 8.63. The van der Waals surface area contributed by atoms with Gasteiger partial charge in [-0.15, -0.1) is 6.58 Å². The van der Waals surface area contributed by atoms with E-state index in [2.05, 4.69) is 11.9 Å². The van der Waals surface area contributed by atoms with Gasteiger partial charge in [0.05, 0.1) is 0 Å². The number of halogens is 1. The number of para-hydroxylation sites is 1. The highest BCUT2D eigenvalue weighted by Gasteiger charge is 2.14. The molecule has 4 nitrogen and oxygen atoms in total. The molecule has 0 bridgehead atoms. The van der Waals surface area contributed by atoms with E-state index in [1.165, 1.54) is 24.3 Å². The summed E-state index contributed by atoms with van der Waals surface area (Å²) >= 11 is 0. The molecule has 1 N–H and O–H groups in total. The lowest BCUT2D eigenvalue weighted by Gasteiger charge is -2.03. The summed E-state index contributed by atoms with van der Waals surface area (Å²) in [4.78, 5) is 23.2. The Bertz CT molecular complexity index is 675. The van der Waals surface area contributed by atoms with Crippen LogP contribution in [0.1, 0.15) is 10.4 Å². The Kier molecular flexibility index (Phi) is 3.23. The minimum Gasteiger partial charge on any atom is -0.419 e. The van der Waals surface area contributed by atoms with E-state index in [0.29, 0.717) is 5.39 Å². The van der Waals surface area contributed by atoms with Gasteiger partial charge in [-0.2, -0.15) is 0 Å². The molecule has 0 fully saturated rings. The number of hydrogen-bond donors (Lipinski definition) is 1. The third kappa shape index (κ3) is 2.15. The minimum atomic E-state index is -0.867. The third-order valence-electron chi connectivity index (χ3n) is 2.36. The molecule has 0 aliphatic heterocycles. The zero-order chi connectivity index (χ0) is 13.1. The zero-order valence-electron chi connectivity index (χ0n) is 9.40. The van der Waals surface area contributed by atoms with E-state index in [-0.39, 0.29) is 17.7 Å². The number of nitrogens with one attached hydrogen (secondary N) is 1. The number of carbonyl (C=O) groups excluding carboxylic acids is 1. The van der Waals surface area contributed by atoms with E-state index in [4.69, 9.17) is 4.42 Å².